The summed E-state index contributed by atoms with van der Waals surface area (Å²) in [5.41, 5.74) is 1.98. The second-order valence-corrected chi connectivity index (χ2v) is 5.90. The summed E-state index contributed by atoms with van der Waals surface area (Å²) in [4.78, 5) is 11.7. The van der Waals surface area contributed by atoms with Gasteiger partial charge >= 0.3 is 0 Å². The quantitative estimate of drug-likeness (QED) is 0.463. The van der Waals surface area contributed by atoms with Crippen LogP contribution in [0.5, 0.6) is 11.5 Å². The van der Waals surface area contributed by atoms with Crippen LogP contribution in [0.2, 0.25) is 0 Å². The molecule has 6 nitrogen and oxygen atoms in total. The fraction of sp³-hybridized carbons (Fsp3) is 0.250. The Balaban J connectivity index is 2.60. The van der Waals surface area contributed by atoms with E-state index in [0.717, 1.165) is 17.1 Å². The SMILES string of the molecule is COc1cc2cc(C=O)c3cc(OC)c(CO)c(CO)c3c2cc1CO. The molecule has 3 aromatic carbocycles. The lowest BCUT2D eigenvalue weighted by Gasteiger charge is -2.18. The molecule has 3 aromatic rings. The maximum absolute atomic E-state index is 11.7. The monoisotopic (exact) mass is 356 g/mol. The number of fused-ring (bicyclic) bond motifs is 3. The molecule has 0 heterocycles. The van der Waals surface area contributed by atoms with Crippen LogP contribution in [-0.2, 0) is 19.8 Å². The fourth-order valence-corrected chi connectivity index (χ4v) is 3.45. The smallest absolute Gasteiger partial charge is 0.150 e. The molecule has 3 N–H and O–H groups in total. The molecule has 0 radical (unpaired) electrons. The molecular weight excluding hydrogens is 336 g/mol. The molecule has 0 bridgehead atoms. The van der Waals surface area contributed by atoms with Crippen molar-refractivity contribution in [2.75, 3.05) is 14.2 Å². The largest absolute Gasteiger partial charge is 0.496 e. The number of ether oxygens (including phenoxy) is 2. The van der Waals surface area contributed by atoms with Crippen molar-refractivity contribution in [2.45, 2.75) is 19.8 Å². The van der Waals surface area contributed by atoms with E-state index in [1.165, 1.54) is 14.2 Å². The van der Waals surface area contributed by atoms with Gasteiger partial charge in [-0.2, -0.15) is 0 Å². The van der Waals surface area contributed by atoms with Crippen LogP contribution in [0.15, 0.2) is 24.3 Å². The zero-order valence-corrected chi connectivity index (χ0v) is 14.6. The van der Waals surface area contributed by atoms with E-state index in [9.17, 15) is 20.1 Å². The Bertz CT molecular complexity index is 993. The van der Waals surface area contributed by atoms with Crippen LogP contribution in [-0.4, -0.2) is 35.8 Å². The number of aldehydes is 1. The predicted molar refractivity (Wildman–Crippen MR) is 97.7 cm³/mol. The van der Waals surface area contributed by atoms with Crippen molar-refractivity contribution in [3.05, 3.63) is 46.5 Å². The summed E-state index contributed by atoms with van der Waals surface area (Å²) in [7, 11) is 2.98. The van der Waals surface area contributed by atoms with Crippen LogP contribution in [0.3, 0.4) is 0 Å². The molecule has 0 saturated heterocycles. The number of aliphatic hydroxyl groups excluding tert-OH is 3. The minimum absolute atomic E-state index is 0.215. The molecule has 0 aliphatic carbocycles. The molecule has 0 spiro atoms. The van der Waals surface area contributed by atoms with Gasteiger partial charge in [-0.05, 0) is 51.4 Å². The third-order valence-electron chi connectivity index (χ3n) is 4.69. The number of aliphatic hydroxyl groups is 3. The van der Waals surface area contributed by atoms with Crippen LogP contribution in [0.1, 0.15) is 27.0 Å². The van der Waals surface area contributed by atoms with E-state index in [1.807, 2.05) is 0 Å². The second kappa shape index (κ2) is 7.29. The van der Waals surface area contributed by atoms with Gasteiger partial charge in [0.2, 0.25) is 0 Å². The lowest BCUT2D eigenvalue weighted by atomic mass is 9.90. The Labute approximate surface area is 150 Å². The molecule has 0 atom stereocenters. The van der Waals surface area contributed by atoms with E-state index in [4.69, 9.17) is 9.47 Å². The summed E-state index contributed by atoms with van der Waals surface area (Å²) < 4.78 is 10.6. The Morgan fingerprint density at radius 1 is 0.846 bits per heavy atom. The molecule has 0 fully saturated rings. The minimum atomic E-state index is -0.332. The summed E-state index contributed by atoms with van der Waals surface area (Å²) in [6.07, 6.45) is 0.743. The highest BCUT2D eigenvalue weighted by molar-refractivity contribution is 6.16. The Kier molecular flexibility index (Phi) is 5.08. The molecule has 6 heteroatoms. The average Bonchev–Trinajstić information content (AvgIpc) is 2.69. The van der Waals surface area contributed by atoms with Crippen molar-refractivity contribution in [1.29, 1.82) is 0 Å². The molecule has 0 saturated carbocycles. The first-order valence-electron chi connectivity index (χ1n) is 8.07. The standard InChI is InChI=1S/C20H20O6/c1-25-18-5-11-3-12(7-21)15-6-19(26-2)16(9-23)17(10-24)20(15)14(11)4-13(18)8-22/h3-7,22-24H,8-10H2,1-2H3. The third kappa shape index (κ3) is 2.68. The van der Waals surface area contributed by atoms with Crippen molar-refractivity contribution >= 4 is 27.8 Å². The summed E-state index contributed by atoms with van der Waals surface area (Å²) in [6, 6.07) is 6.94. The van der Waals surface area contributed by atoms with Crippen molar-refractivity contribution < 1.29 is 29.6 Å². The van der Waals surface area contributed by atoms with Gasteiger partial charge in [0.1, 0.15) is 11.5 Å². The van der Waals surface area contributed by atoms with E-state index in [0.29, 0.717) is 44.5 Å². The molecule has 0 aliphatic rings. The number of carbonyl (C=O) groups excluding carboxylic acids is 1. The first-order chi connectivity index (χ1) is 12.6. The number of hydrogen-bond acceptors (Lipinski definition) is 6. The Hall–Kier alpha value is -2.67. The van der Waals surface area contributed by atoms with E-state index < -0.39 is 0 Å². The predicted octanol–water partition coefficient (Wildman–Crippen LogP) is 2.30. The topological polar surface area (TPSA) is 96.2 Å². The van der Waals surface area contributed by atoms with Gasteiger partial charge in [0, 0.05) is 16.7 Å². The number of benzene rings is 3. The molecule has 0 unspecified atom stereocenters. The molecule has 0 amide bonds. The van der Waals surface area contributed by atoms with E-state index in [2.05, 4.69) is 0 Å². The van der Waals surface area contributed by atoms with Crippen molar-refractivity contribution in [1.82, 2.24) is 0 Å². The molecule has 0 aromatic heterocycles. The first-order valence-corrected chi connectivity index (χ1v) is 8.07. The molecule has 26 heavy (non-hydrogen) atoms. The van der Waals surface area contributed by atoms with Crippen LogP contribution in [0.4, 0.5) is 0 Å². The van der Waals surface area contributed by atoms with Gasteiger partial charge < -0.3 is 24.8 Å². The zero-order chi connectivity index (χ0) is 18.8. The van der Waals surface area contributed by atoms with E-state index >= 15 is 0 Å². The lowest BCUT2D eigenvalue weighted by Crippen LogP contribution is -2.02. The van der Waals surface area contributed by atoms with Crippen LogP contribution < -0.4 is 9.47 Å². The maximum atomic E-state index is 11.7. The molecule has 136 valence electrons. The summed E-state index contributed by atoms with van der Waals surface area (Å²) in [6.45, 7) is -0.861. The van der Waals surface area contributed by atoms with Crippen molar-refractivity contribution in [3.8, 4) is 11.5 Å². The molecule has 0 aliphatic heterocycles. The van der Waals surface area contributed by atoms with Crippen LogP contribution in [0, 0.1) is 0 Å². The van der Waals surface area contributed by atoms with Gasteiger partial charge in [-0.15, -0.1) is 0 Å². The fourth-order valence-electron chi connectivity index (χ4n) is 3.45. The third-order valence-corrected chi connectivity index (χ3v) is 4.69. The van der Waals surface area contributed by atoms with Crippen molar-refractivity contribution in [2.24, 2.45) is 0 Å². The maximum Gasteiger partial charge on any atom is 0.150 e. The number of methoxy groups -OCH3 is 2. The van der Waals surface area contributed by atoms with Gasteiger partial charge in [-0.3, -0.25) is 4.79 Å². The number of rotatable bonds is 6. The summed E-state index contributed by atoms with van der Waals surface area (Å²) in [5, 5.41) is 32.2. The van der Waals surface area contributed by atoms with E-state index in [1.54, 1.807) is 24.3 Å². The van der Waals surface area contributed by atoms with Crippen LogP contribution in [0.25, 0.3) is 21.5 Å². The minimum Gasteiger partial charge on any atom is -0.496 e. The van der Waals surface area contributed by atoms with Gasteiger partial charge in [-0.25, -0.2) is 0 Å². The molecular formula is C20H20O6. The Morgan fingerprint density at radius 3 is 2.08 bits per heavy atom. The van der Waals surface area contributed by atoms with Gasteiger partial charge in [-0.1, -0.05) is 0 Å². The highest BCUT2D eigenvalue weighted by Gasteiger charge is 2.19. The van der Waals surface area contributed by atoms with E-state index in [-0.39, 0.29) is 19.8 Å². The Morgan fingerprint density at radius 2 is 1.54 bits per heavy atom. The van der Waals surface area contributed by atoms with Crippen LogP contribution >= 0.6 is 0 Å². The number of carbonyl (C=O) groups is 1. The average molecular weight is 356 g/mol. The number of hydrogen-bond donors (Lipinski definition) is 3. The first kappa shape index (κ1) is 18.1. The van der Waals surface area contributed by atoms with Gasteiger partial charge in [0.15, 0.2) is 6.29 Å². The summed E-state index contributed by atoms with van der Waals surface area (Å²) in [5.74, 6) is 0.917. The van der Waals surface area contributed by atoms with Crippen molar-refractivity contribution in [3.63, 3.8) is 0 Å². The zero-order valence-electron chi connectivity index (χ0n) is 14.6. The highest BCUT2D eigenvalue weighted by Crippen LogP contribution is 2.39. The van der Waals surface area contributed by atoms with Gasteiger partial charge in [0.05, 0.1) is 34.0 Å². The second-order valence-electron chi connectivity index (χ2n) is 5.90. The normalized spacial score (nSPS) is 11.1. The summed E-state index contributed by atoms with van der Waals surface area (Å²) >= 11 is 0. The highest BCUT2D eigenvalue weighted by atomic mass is 16.5. The lowest BCUT2D eigenvalue weighted by molar-refractivity contribution is 0.112. The van der Waals surface area contributed by atoms with Gasteiger partial charge in [0.25, 0.3) is 0 Å². The molecule has 3 rings (SSSR count).